The Labute approximate surface area is 158 Å². The first-order chi connectivity index (χ1) is 13.0. The number of amides is 1. The average Bonchev–Trinajstić information content (AvgIpc) is 3.03. The Morgan fingerprint density at radius 2 is 1.96 bits per heavy atom. The van der Waals surface area contributed by atoms with Crippen molar-refractivity contribution < 1.29 is 13.2 Å². The van der Waals surface area contributed by atoms with Gasteiger partial charge in [-0.3, -0.25) is 10.1 Å². The summed E-state index contributed by atoms with van der Waals surface area (Å²) in [6.07, 6.45) is 1.94. The fraction of sp³-hybridized carbons (Fsp3) is 0.471. The number of carbonyl (C=O) groups is 1. The molecule has 1 amide bonds. The predicted molar refractivity (Wildman–Crippen MR) is 101 cm³/mol. The van der Waals surface area contributed by atoms with E-state index in [1.807, 2.05) is 0 Å². The Balaban J connectivity index is 1.51. The highest BCUT2D eigenvalue weighted by atomic mass is 32.2. The average molecular weight is 392 g/mol. The van der Waals surface area contributed by atoms with Crippen LogP contribution in [-0.2, 0) is 21.9 Å². The molecule has 1 fully saturated rings. The van der Waals surface area contributed by atoms with E-state index in [0.717, 1.165) is 31.8 Å². The van der Waals surface area contributed by atoms with Crippen molar-refractivity contribution in [1.29, 1.82) is 0 Å². The van der Waals surface area contributed by atoms with Crippen LogP contribution in [0.5, 0.6) is 0 Å². The van der Waals surface area contributed by atoms with Crippen LogP contribution in [0.3, 0.4) is 0 Å². The minimum absolute atomic E-state index is 0.00159. The number of hydrogen-bond donors (Lipinski definition) is 3. The summed E-state index contributed by atoms with van der Waals surface area (Å²) in [5, 5.41) is 10.4. The van der Waals surface area contributed by atoms with Gasteiger partial charge in [0.15, 0.2) is 5.82 Å². The molecule has 2 aromatic rings. The molecule has 0 atom stereocenters. The molecule has 1 aromatic heterocycles. The number of aromatic nitrogens is 3. The molecule has 1 aliphatic rings. The lowest BCUT2D eigenvalue weighted by atomic mass is 9.98. The number of anilines is 1. The number of aryl methyl sites for hydroxylation is 1. The van der Waals surface area contributed by atoms with Gasteiger partial charge in [-0.05, 0) is 38.1 Å². The van der Waals surface area contributed by atoms with Crippen LogP contribution in [0.15, 0.2) is 35.2 Å². The van der Waals surface area contributed by atoms with Crippen LogP contribution in [-0.4, -0.2) is 48.7 Å². The van der Waals surface area contributed by atoms with Crippen LogP contribution in [0.4, 0.5) is 5.95 Å². The third-order valence-corrected chi connectivity index (χ3v) is 5.91. The lowest BCUT2D eigenvalue weighted by molar-refractivity contribution is -0.116. The second-order valence-electron chi connectivity index (χ2n) is 6.45. The maximum absolute atomic E-state index is 12.1. The van der Waals surface area contributed by atoms with Gasteiger partial charge >= 0.3 is 0 Å². The fourth-order valence-corrected chi connectivity index (χ4v) is 3.99. The van der Waals surface area contributed by atoms with E-state index >= 15 is 0 Å². The Morgan fingerprint density at radius 1 is 1.26 bits per heavy atom. The first-order valence-electron chi connectivity index (χ1n) is 8.92. The molecule has 3 N–H and O–H groups in total. The molecule has 0 aliphatic carbocycles. The second kappa shape index (κ2) is 8.59. The van der Waals surface area contributed by atoms with Gasteiger partial charge in [0, 0.05) is 25.9 Å². The summed E-state index contributed by atoms with van der Waals surface area (Å²) in [7, 11) is -1.89. The summed E-state index contributed by atoms with van der Waals surface area (Å²) >= 11 is 0. The molecule has 10 heteroatoms. The van der Waals surface area contributed by atoms with E-state index in [4.69, 9.17) is 0 Å². The van der Waals surface area contributed by atoms with E-state index in [-0.39, 0.29) is 23.8 Å². The third kappa shape index (κ3) is 5.12. The Morgan fingerprint density at radius 3 is 2.67 bits per heavy atom. The zero-order chi connectivity index (χ0) is 19.3. The molecule has 27 heavy (non-hydrogen) atoms. The smallest absolute Gasteiger partial charge is 0.240 e. The number of nitrogens with one attached hydrogen (secondary N) is 3. The topological polar surface area (TPSA) is 118 Å². The molecular weight excluding hydrogens is 368 g/mol. The number of carbonyl (C=O) groups excluding carboxylic acids is 1. The van der Waals surface area contributed by atoms with Gasteiger partial charge in [-0.15, -0.1) is 0 Å². The molecule has 0 saturated carbocycles. The summed E-state index contributed by atoms with van der Waals surface area (Å²) in [4.78, 5) is 16.7. The van der Waals surface area contributed by atoms with Crippen LogP contribution in [0.25, 0.3) is 0 Å². The van der Waals surface area contributed by atoms with Crippen molar-refractivity contribution in [2.45, 2.75) is 30.1 Å². The van der Waals surface area contributed by atoms with Crippen molar-refractivity contribution in [3.8, 4) is 0 Å². The van der Waals surface area contributed by atoms with Gasteiger partial charge in [0.05, 0.1) is 4.90 Å². The van der Waals surface area contributed by atoms with Crippen molar-refractivity contribution in [3.63, 3.8) is 0 Å². The first kappa shape index (κ1) is 19.5. The fourth-order valence-electron chi connectivity index (χ4n) is 2.94. The summed E-state index contributed by atoms with van der Waals surface area (Å²) in [5.74, 6) is 1.08. The van der Waals surface area contributed by atoms with Gasteiger partial charge < -0.3 is 5.32 Å². The molecule has 1 aromatic carbocycles. The monoisotopic (exact) mass is 392 g/mol. The van der Waals surface area contributed by atoms with Crippen molar-refractivity contribution in [1.82, 2.24) is 24.8 Å². The zero-order valence-electron chi connectivity index (χ0n) is 15.2. The predicted octanol–water partition coefficient (Wildman–Crippen LogP) is 0.589. The standard InChI is InChI=1S/C17H24N6O3S/c1-23-17(21-16(22-23)13-7-10-18-11-8-13)20-15(24)9-12-19-27(25,26)14-5-3-2-4-6-14/h2-6,13,18-19H,7-12H2,1H3,(H,20,21,22,24). The van der Waals surface area contributed by atoms with E-state index in [0.29, 0.717) is 11.9 Å². The van der Waals surface area contributed by atoms with Crippen LogP contribution < -0.4 is 15.4 Å². The number of sulfonamides is 1. The highest BCUT2D eigenvalue weighted by molar-refractivity contribution is 7.89. The molecule has 3 rings (SSSR count). The summed E-state index contributed by atoms with van der Waals surface area (Å²) in [6.45, 7) is 1.88. The van der Waals surface area contributed by atoms with Crippen molar-refractivity contribution in [2.24, 2.45) is 7.05 Å². The highest BCUT2D eigenvalue weighted by Crippen LogP contribution is 2.23. The number of piperidine rings is 1. The molecule has 1 saturated heterocycles. The van der Waals surface area contributed by atoms with Gasteiger partial charge in [-0.1, -0.05) is 18.2 Å². The normalized spacial score (nSPS) is 15.6. The van der Waals surface area contributed by atoms with Crippen molar-refractivity contribution >= 4 is 21.9 Å². The van der Waals surface area contributed by atoms with Crippen LogP contribution >= 0.6 is 0 Å². The molecule has 1 aliphatic heterocycles. The van der Waals surface area contributed by atoms with E-state index in [2.05, 4.69) is 25.4 Å². The van der Waals surface area contributed by atoms with E-state index in [1.165, 1.54) is 12.1 Å². The lowest BCUT2D eigenvalue weighted by Gasteiger charge is -2.19. The zero-order valence-corrected chi connectivity index (χ0v) is 16.0. The van der Waals surface area contributed by atoms with Crippen LogP contribution in [0, 0.1) is 0 Å². The number of nitrogens with zero attached hydrogens (tertiary/aromatic N) is 3. The lowest BCUT2D eigenvalue weighted by Crippen LogP contribution is -2.28. The first-order valence-corrected chi connectivity index (χ1v) is 10.4. The maximum atomic E-state index is 12.1. The number of benzene rings is 1. The maximum Gasteiger partial charge on any atom is 0.240 e. The van der Waals surface area contributed by atoms with E-state index in [1.54, 1.807) is 29.9 Å². The Hall–Kier alpha value is -2.30. The Kier molecular flexibility index (Phi) is 6.19. The molecule has 0 unspecified atom stereocenters. The molecule has 0 radical (unpaired) electrons. The van der Waals surface area contributed by atoms with Crippen LogP contribution in [0.2, 0.25) is 0 Å². The van der Waals surface area contributed by atoms with E-state index in [9.17, 15) is 13.2 Å². The largest absolute Gasteiger partial charge is 0.317 e. The minimum Gasteiger partial charge on any atom is -0.317 e. The number of rotatable bonds is 7. The van der Waals surface area contributed by atoms with Crippen molar-refractivity contribution in [3.05, 3.63) is 36.2 Å². The summed E-state index contributed by atoms with van der Waals surface area (Å²) in [5.41, 5.74) is 0. The summed E-state index contributed by atoms with van der Waals surface area (Å²) < 4.78 is 28.2. The SMILES string of the molecule is Cn1nc(C2CCNCC2)nc1NC(=O)CCNS(=O)(=O)c1ccccc1. The quantitative estimate of drug-likeness (QED) is 0.635. The molecule has 9 nitrogen and oxygen atoms in total. The van der Waals surface area contributed by atoms with Gasteiger partial charge in [0.1, 0.15) is 0 Å². The van der Waals surface area contributed by atoms with Gasteiger partial charge in [-0.2, -0.15) is 10.1 Å². The van der Waals surface area contributed by atoms with Crippen molar-refractivity contribution in [2.75, 3.05) is 25.0 Å². The molecule has 2 heterocycles. The Bertz CT molecular complexity index is 875. The molecule has 0 spiro atoms. The number of hydrogen-bond acceptors (Lipinski definition) is 6. The molecule has 0 bridgehead atoms. The molecular formula is C17H24N6O3S. The van der Waals surface area contributed by atoms with Gasteiger partial charge in [0.2, 0.25) is 21.9 Å². The third-order valence-electron chi connectivity index (χ3n) is 4.43. The van der Waals surface area contributed by atoms with Gasteiger partial charge in [0.25, 0.3) is 0 Å². The summed E-state index contributed by atoms with van der Waals surface area (Å²) in [6, 6.07) is 8.05. The molecule has 146 valence electrons. The van der Waals surface area contributed by atoms with E-state index < -0.39 is 10.0 Å². The second-order valence-corrected chi connectivity index (χ2v) is 8.22. The van der Waals surface area contributed by atoms with Crippen LogP contribution in [0.1, 0.15) is 31.0 Å². The highest BCUT2D eigenvalue weighted by Gasteiger charge is 2.21. The van der Waals surface area contributed by atoms with Gasteiger partial charge in [-0.25, -0.2) is 17.8 Å². The minimum atomic E-state index is -3.62.